The second-order valence-electron chi connectivity index (χ2n) is 7.52. The van der Waals surface area contributed by atoms with E-state index < -0.39 is 7.81 Å². The summed E-state index contributed by atoms with van der Waals surface area (Å²) in [6.45, 7) is 17.2. The van der Waals surface area contributed by atoms with Gasteiger partial charge in [-0.05, 0) is 31.4 Å². The van der Waals surface area contributed by atoms with Crippen molar-refractivity contribution in [3.63, 3.8) is 0 Å². The first-order valence-electron chi connectivity index (χ1n) is 10.3. The van der Waals surface area contributed by atoms with Crippen molar-refractivity contribution in [3.8, 4) is 0 Å². The second-order valence-corrected chi connectivity index (χ2v) is 9.43. The van der Waals surface area contributed by atoms with Gasteiger partial charge in [-0.15, -0.1) is 0 Å². The van der Waals surface area contributed by atoms with E-state index in [0.29, 0.717) is 0 Å². The van der Waals surface area contributed by atoms with E-state index in [2.05, 4.69) is 39.2 Å². The number of quaternary nitrogens is 1. The van der Waals surface area contributed by atoms with Crippen molar-refractivity contribution in [1.82, 2.24) is 0 Å². The monoisotopic (exact) mass is 439 g/mol. The van der Waals surface area contributed by atoms with Gasteiger partial charge in [0.25, 0.3) is 0 Å². The molecule has 0 aromatic heterocycles. The van der Waals surface area contributed by atoms with Crippen LogP contribution in [0.4, 0.5) is 25.2 Å². The molecule has 0 aliphatic carbocycles. The van der Waals surface area contributed by atoms with Crippen molar-refractivity contribution in [3.05, 3.63) is 25.3 Å². The van der Waals surface area contributed by atoms with E-state index in [9.17, 15) is 25.2 Å². The van der Waals surface area contributed by atoms with Crippen LogP contribution in [0.25, 0.3) is 0 Å². The van der Waals surface area contributed by atoms with Crippen LogP contribution in [0.2, 0.25) is 0 Å². The molecule has 0 aliphatic heterocycles. The van der Waals surface area contributed by atoms with Crippen LogP contribution in [0, 0.1) is 0 Å². The fourth-order valence-electron chi connectivity index (χ4n) is 3.33. The minimum atomic E-state index is -10.7. The van der Waals surface area contributed by atoms with Crippen LogP contribution >= 0.6 is 7.81 Å². The molecule has 0 spiro atoms. The fraction of sp³-hybridized carbons (Fsp3) is 0.800. The van der Waals surface area contributed by atoms with E-state index in [-0.39, 0.29) is 0 Å². The Balaban J connectivity index is 0. The molecule has 0 aliphatic rings. The summed E-state index contributed by atoms with van der Waals surface area (Å²) in [7, 11) is -10.7. The minimum absolute atomic E-state index is 1.09. The predicted octanol–water partition coefficient (Wildman–Crippen LogP) is 9.50. The standard InChI is InChI=1S/C20H40N.F6P/c1-5-9-10-11-12-13-14-15-16-20-21(17-6-2,18-7-3)19-8-4;1-7(2,3,4,5)6/h6-7H,2-3,5,8-20H2,1,4H3;/q+1;-1. The molecule has 0 amide bonds. The number of unbranched alkanes of at least 4 members (excludes halogenated alkanes) is 8. The zero-order valence-electron chi connectivity index (χ0n) is 17.6. The zero-order valence-corrected chi connectivity index (χ0v) is 18.5. The molecular weight excluding hydrogens is 399 g/mol. The second kappa shape index (κ2) is 12.9. The average molecular weight is 440 g/mol. The molecule has 0 saturated carbocycles. The van der Waals surface area contributed by atoms with Gasteiger partial charge in [0.05, 0.1) is 26.2 Å². The van der Waals surface area contributed by atoms with Crippen molar-refractivity contribution in [2.24, 2.45) is 0 Å². The molecule has 28 heavy (non-hydrogen) atoms. The summed E-state index contributed by atoms with van der Waals surface area (Å²) in [6, 6.07) is 0. The Labute approximate surface area is 167 Å². The summed E-state index contributed by atoms with van der Waals surface area (Å²) < 4.78 is 60.4. The maximum atomic E-state index is 9.87. The predicted molar refractivity (Wildman–Crippen MR) is 111 cm³/mol. The van der Waals surface area contributed by atoms with Gasteiger partial charge in [0, 0.05) is 0 Å². The quantitative estimate of drug-likeness (QED) is 0.0738. The Hall–Kier alpha value is -0.550. The van der Waals surface area contributed by atoms with Crippen LogP contribution in [0.3, 0.4) is 0 Å². The third kappa shape index (κ3) is 27.7. The third-order valence-electron chi connectivity index (χ3n) is 4.47. The van der Waals surface area contributed by atoms with E-state index >= 15 is 0 Å². The van der Waals surface area contributed by atoms with Crippen molar-refractivity contribution >= 4 is 7.81 Å². The molecule has 0 atom stereocenters. The first-order valence-corrected chi connectivity index (χ1v) is 12.4. The Morgan fingerprint density at radius 1 is 0.607 bits per heavy atom. The molecule has 0 aromatic rings. The third-order valence-corrected chi connectivity index (χ3v) is 4.47. The first-order chi connectivity index (χ1) is 12.7. The summed E-state index contributed by atoms with van der Waals surface area (Å²) >= 11 is 0. The molecule has 0 aromatic carbocycles. The number of halogens is 6. The normalized spacial score (nSPS) is 14.4. The van der Waals surface area contributed by atoms with Crippen LogP contribution in [0.1, 0.15) is 78.1 Å². The molecule has 0 rings (SSSR count). The van der Waals surface area contributed by atoms with Gasteiger partial charge in [-0.2, -0.15) is 0 Å². The van der Waals surface area contributed by atoms with Crippen molar-refractivity contribution in [2.75, 3.05) is 26.2 Å². The Bertz CT molecular complexity index is 397. The molecule has 0 unspecified atom stereocenters. The van der Waals surface area contributed by atoms with Gasteiger partial charge in [0.1, 0.15) is 0 Å². The molecule has 1 nitrogen and oxygen atoms in total. The van der Waals surface area contributed by atoms with Crippen LogP contribution < -0.4 is 0 Å². The Morgan fingerprint density at radius 3 is 1.29 bits per heavy atom. The van der Waals surface area contributed by atoms with Gasteiger partial charge in [-0.25, -0.2) is 0 Å². The molecule has 0 N–H and O–H groups in total. The summed E-state index contributed by atoms with van der Waals surface area (Å²) in [5.74, 6) is 0. The molecule has 0 heterocycles. The fourth-order valence-corrected chi connectivity index (χ4v) is 3.33. The maximum absolute atomic E-state index is 10.7. The molecule has 0 radical (unpaired) electrons. The summed E-state index contributed by atoms with van der Waals surface area (Å²) in [5.41, 5.74) is 0. The van der Waals surface area contributed by atoms with Gasteiger partial charge in [0.15, 0.2) is 0 Å². The topological polar surface area (TPSA) is 0 Å². The Kier molecular flexibility index (Phi) is 13.7. The van der Waals surface area contributed by atoms with Gasteiger partial charge >= 0.3 is 33.0 Å². The zero-order chi connectivity index (χ0) is 22.2. The van der Waals surface area contributed by atoms with Crippen LogP contribution in [0.15, 0.2) is 25.3 Å². The number of hydrogen-bond acceptors (Lipinski definition) is 0. The number of rotatable bonds is 16. The molecular formula is C20H40F6NP. The van der Waals surface area contributed by atoms with Crippen LogP contribution in [-0.2, 0) is 0 Å². The number of nitrogens with zero attached hydrogens (tertiary/aromatic N) is 1. The molecule has 0 saturated heterocycles. The van der Waals surface area contributed by atoms with Crippen molar-refractivity contribution in [2.45, 2.75) is 78.1 Å². The summed E-state index contributed by atoms with van der Waals surface area (Å²) in [4.78, 5) is 0. The van der Waals surface area contributed by atoms with Crippen LogP contribution in [0.5, 0.6) is 0 Å². The number of hydrogen-bond donors (Lipinski definition) is 0. The SMILES string of the molecule is C=CC[N+](CC=C)(CCC)CCCCCCCCCCC.F[P-](F)(F)(F)(F)F. The average Bonchev–Trinajstić information content (AvgIpc) is 2.51. The van der Waals surface area contributed by atoms with E-state index in [1.54, 1.807) is 0 Å². The molecule has 0 fully saturated rings. The van der Waals surface area contributed by atoms with Gasteiger partial charge in [-0.3, -0.25) is 0 Å². The summed E-state index contributed by atoms with van der Waals surface area (Å²) in [5, 5.41) is 0. The molecule has 0 bridgehead atoms. The van der Waals surface area contributed by atoms with E-state index in [1.165, 1.54) is 81.8 Å². The van der Waals surface area contributed by atoms with Gasteiger partial charge in [-0.1, -0.05) is 72.0 Å². The van der Waals surface area contributed by atoms with E-state index in [4.69, 9.17) is 0 Å². The van der Waals surface area contributed by atoms with Gasteiger partial charge in [0.2, 0.25) is 0 Å². The van der Waals surface area contributed by atoms with Crippen molar-refractivity contribution < 1.29 is 29.7 Å². The molecule has 8 heteroatoms. The van der Waals surface area contributed by atoms with E-state index in [0.717, 1.165) is 13.1 Å². The van der Waals surface area contributed by atoms with Crippen molar-refractivity contribution in [1.29, 1.82) is 0 Å². The summed E-state index contributed by atoms with van der Waals surface area (Å²) in [6.07, 6.45) is 18.1. The van der Waals surface area contributed by atoms with Crippen LogP contribution in [-0.4, -0.2) is 30.7 Å². The Morgan fingerprint density at radius 2 is 0.964 bits per heavy atom. The first kappa shape index (κ1) is 29.6. The van der Waals surface area contributed by atoms with E-state index in [1.807, 2.05) is 0 Å². The van der Waals surface area contributed by atoms with Gasteiger partial charge < -0.3 is 4.48 Å². The molecule has 172 valence electrons.